The van der Waals surface area contributed by atoms with Crippen molar-refractivity contribution in [2.24, 2.45) is 17.8 Å². The van der Waals surface area contributed by atoms with Crippen molar-refractivity contribution in [2.75, 3.05) is 97.3 Å². The number of aryl methyl sites for hydroxylation is 1. The van der Waals surface area contributed by atoms with Crippen molar-refractivity contribution in [3.63, 3.8) is 0 Å². The number of piperazine rings is 1. The van der Waals surface area contributed by atoms with Gasteiger partial charge >= 0.3 is 0 Å². The number of carbonyl (C=O) groups is 1. The van der Waals surface area contributed by atoms with Crippen molar-refractivity contribution in [1.82, 2.24) is 19.4 Å². The van der Waals surface area contributed by atoms with Gasteiger partial charge in [-0.25, -0.2) is 13.1 Å². The molecule has 3 saturated heterocycles. The molecule has 5 aliphatic heterocycles. The zero-order valence-corrected chi connectivity index (χ0v) is 37.4. The van der Waals surface area contributed by atoms with Crippen molar-refractivity contribution in [1.29, 1.82) is 0 Å². The van der Waals surface area contributed by atoms with Crippen LogP contribution in [0.2, 0.25) is 5.02 Å². The number of ether oxygens (including phenoxy) is 3. The van der Waals surface area contributed by atoms with E-state index < -0.39 is 26.8 Å². The summed E-state index contributed by atoms with van der Waals surface area (Å²) in [5, 5.41) is -0.0156. The highest BCUT2D eigenvalue weighted by Crippen LogP contribution is 2.49. The second-order valence-corrected chi connectivity index (χ2v) is 21.5. The fourth-order valence-electron chi connectivity index (χ4n) is 12.0. The SMILES string of the molecule is CO[C@]1(CN2CCN3CCCC[C@@H]3C2)/C=C\C[C@H](C)[C@@H](CCN2CCOCC2)S(=O)(=O)NC(=O)c2ccc3c(c2)N(C[C@@H]2CC[C@H]21)C[C@@]1(CCCc2cc(Cl)ccc21)CO3. The molecule has 60 heavy (non-hydrogen) atoms. The van der Waals surface area contributed by atoms with Gasteiger partial charge in [-0.3, -0.25) is 19.5 Å². The monoisotopic (exact) mass is 863 g/mol. The summed E-state index contributed by atoms with van der Waals surface area (Å²) in [6.45, 7) is 12.7. The fourth-order valence-corrected chi connectivity index (χ4v) is 13.9. The Morgan fingerprint density at radius 2 is 1.83 bits per heavy atom. The number of hydrogen-bond donors (Lipinski definition) is 1. The third-order valence-corrected chi connectivity index (χ3v) is 17.8. The molecule has 4 fully saturated rings. The molecule has 0 unspecified atom stereocenters. The number of methoxy groups -OCH3 is 1. The molecule has 1 amide bonds. The zero-order valence-electron chi connectivity index (χ0n) is 35.8. The van der Waals surface area contributed by atoms with Gasteiger partial charge in [-0.05, 0) is 130 Å². The zero-order chi connectivity index (χ0) is 41.5. The Morgan fingerprint density at radius 1 is 0.967 bits per heavy atom. The first-order chi connectivity index (χ1) is 29.0. The lowest BCUT2D eigenvalue weighted by Crippen LogP contribution is -2.61. The number of carbonyl (C=O) groups excluding carboxylic acids is 1. The van der Waals surface area contributed by atoms with E-state index in [-0.39, 0.29) is 17.3 Å². The van der Waals surface area contributed by atoms with E-state index in [1.807, 2.05) is 32.2 Å². The molecule has 9 rings (SSSR count). The van der Waals surface area contributed by atoms with E-state index in [4.69, 9.17) is 25.8 Å². The molecule has 2 bridgehead atoms. The summed E-state index contributed by atoms with van der Waals surface area (Å²) >= 11 is 6.56. The maximum absolute atomic E-state index is 14.5. The van der Waals surface area contributed by atoms with E-state index in [1.54, 1.807) is 6.07 Å². The molecule has 2 aliphatic carbocycles. The van der Waals surface area contributed by atoms with Crippen LogP contribution in [-0.2, 0) is 31.3 Å². The van der Waals surface area contributed by atoms with Gasteiger partial charge in [-0.15, -0.1) is 0 Å². The molecule has 0 aromatic heterocycles. The number of nitrogens with one attached hydrogen (secondary N) is 1. The van der Waals surface area contributed by atoms with Crippen molar-refractivity contribution in [3.05, 3.63) is 70.3 Å². The second kappa shape index (κ2) is 17.8. The minimum atomic E-state index is -4.07. The van der Waals surface area contributed by atoms with Gasteiger partial charge in [0.05, 0.1) is 30.8 Å². The molecule has 328 valence electrons. The quantitative estimate of drug-likeness (QED) is 0.341. The molecule has 0 radical (unpaired) electrons. The lowest BCUT2D eigenvalue weighted by Gasteiger charge is -2.53. The molecule has 7 aliphatic rings. The highest BCUT2D eigenvalue weighted by Gasteiger charge is 2.50. The largest absolute Gasteiger partial charge is 0.490 e. The van der Waals surface area contributed by atoms with E-state index in [1.165, 1.54) is 36.9 Å². The topological polar surface area (TPSA) is 104 Å². The van der Waals surface area contributed by atoms with Crippen molar-refractivity contribution in [2.45, 2.75) is 93.4 Å². The summed E-state index contributed by atoms with van der Waals surface area (Å²) in [6, 6.07) is 12.4. The highest BCUT2D eigenvalue weighted by atomic mass is 35.5. The summed E-state index contributed by atoms with van der Waals surface area (Å²) in [4.78, 5) is 24.2. The number of sulfonamides is 1. The Balaban J connectivity index is 1.10. The number of amides is 1. The van der Waals surface area contributed by atoms with Crippen molar-refractivity contribution < 1.29 is 27.4 Å². The van der Waals surface area contributed by atoms with Gasteiger partial charge in [0.25, 0.3) is 5.91 Å². The summed E-state index contributed by atoms with van der Waals surface area (Å²) in [5.74, 6) is 0.493. The van der Waals surface area contributed by atoms with Gasteiger partial charge in [0.1, 0.15) is 11.4 Å². The van der Waals surface area contributed by atoms with Gasteiger partial charge in [-0.2, -0.15) is 0 Å². The summed E-state index contributed by atoms with van der Waals surface area (Å²) in [6.07, 6.45) is 14.5. The summed E-state index contributed by atoms with van der Waals surface area (Å²) in [7, 11) is -2.17. The van der Waals surface area contributed by atoms with Gasteiger partial charge in [-0.1, -0.05) is 43.2 Å². The third-order valence-electron chi connectivity index (χ3n) is 15.6. The van der Waals surface area contributed by atoms with Crippen molar-refractivity contribution >= 4 is 33.2 Å². The molecule has 5 heterocycles. The number of morpholine rings is 1. The Kier molecular flexibility index (Phi) is 12.6. The van der Waals surface area contributed by atoms with E-state index in [2.05, 4.69) is 48.6 Å². The number of rotatable bonds is 6. The molecule has 13 heteroatoms. The minimum Gasteiger partial charge on any atom is -0.490 e. The van der Waals surface area contributed by atoms with Crippen LogP contribution in [0.5, 0.6) is 5.75 Å². The smallest absolute Gasteiger partial charge is 0.264 e. The molecule has 1 N–H and O–H groups in total. The van der Waals surface area contributed by atoms with Crippen LogP contribution in [0.15, 0.2) is 48.6 Å². The number of benzene rings is 2. The number of hydrogen-bond acceptors (Lipinski definition) is 10. The first kappa shape index (κ1) is 42.6. The van der Waals surface area contributed by atoms with E-state index in [0.717, 1.165) is 101 Å². The normalized spacial score (nSPS) is 34.5. The molecule has 2 aromatic rings. The van der Waals surface area contributed by atoms with E-state index >= 15 is 0 Å². The first-order valence-electron chi connectivity index (χ1n) is 22.9. The third kappa shape index (κ3) is 8.65. The van der Waals surface area contributed by atoms with Crippen LogP contribution in [0.4, 0.5) is 5.69 Å². The Bertz CT molecular complexity index is 2010. The van der Waals surface area contributed by atoms with Crippen LogP contribution in [0.1, 0.15) is 86.2 Å². The maximum atomic E-state index is 14.5. The predicted molar refractivity (Wildman–Crippen MR) is 237 cm³/mol. The van der Waals surface area contributed by atoms with E-state index in [9.17, 15) is 13.2 Å². The number of halogens is 1. The van der Waals surface area contributed by atoms with E-state index in [0.29, 0.717) is 56.7 Å². The van der Waals surface area contributed by atoms with Crippen molar-refractivity contribution in [3.8, 4) is 5.75 Å². The van der Waals surface area contributed by atoms with Crippen LogP contribution < -0.4 is 14.4 Å². The molecule has 1 spiro atoms. The molecule has 1 saturated carbocycles. The van der Waals surface area contributed by atoms with Crippen LogP contribution in [0.3, 0.4) is 0 Å². The molecular formula is C47H66ClN5O6S. The Labute approximate surface area is 363 Å². The number of anilines is 1. The van der Waals surface area contributed by atoms with Gasteiger partial charge in [0.2, 0.25) is 10.0 Å². The molecular weight excluding hydrogens is 798 g/mol. The number of allylic oxidation sites excluding steroid dienone is 1. The fraction of sp³-hybridized carbons (Fsp3) is 0.681. The number of piperidine rings is 1. The minimum absolute atomic E-state index is 0.238. The standard InChI is InChI=1S/C47H66ClN5O6S/c1-34-7-5-18-47(57-2,32-51-21-22-52-19-4-3-9-39(52)30-51)41-13-10-37(41)29-53-31-46(17-6-8-35-27-38(48)12-14-40(35)46)33-59-43-15-11-36(28-42(43)53)45(54)49-60(55,56)44(34)16-20-50-23-25-58-26-24-50/h5,11-12,14-15,18,27-28,34,37,39,41,44H,3-4,6-10,13,16-17,19-26,29-33H2,1-2H3,(H,49,54)/b18-5-/t34-,37-,39+,41+,44+,46-,47-/m0/s1. The second-order valence-electron chi connectivity index (χ2n) is 19.2. The van der Waals surface area contributed by atoms with Crippen LogP contribution in [-0.4, -0.2) is 138 Å². The van der Waals surface area contributed by atoms with Crippen LogP contribution in [0.25, 0.3) is 0 Å². The predicted octanol–water partition coefficient (Wildman–Crippen LogP) is 6.14. The Morgan fingerprint density at radius 3 is 2.65 bits per heavy atom. The van der Waals surface area contributed by atoms with Gasteiger partial charge in [0.15, 0.2) is 0 Å². The summed E-state index contributed by atoms with van der Waals surface area (Å²) < 4.78 is 50.7. The molecule has 2 aromatic carbocycles. The number of nitrogens with zero attached hydrogens (tertiary/aromatic N) is 4. The average Bonchev–Trinajstić information content (AvgIpc) is 3.38. The first-order valence-corrected chi connectivity index (χ1v) is 24.8. The van der Waals surface area contributed by atoms with Crippen LogP contribution >= 0.6 is 11.6 Å². The number of fused-ring (bicyclic) bond motifs is 5. The highest BCUT2D eigenvalue weighted by molar-refractivity contribution is 7.90. The molecule has 11 nitrogen and oxygen atoms in total. The maximum Gasteiger partial charge on any atom is 0.264 e. The Hall–Kier alpha value is -2.71. The van der Waals surface area contributed by atoms with Gasteiger partial charge in [0, 0.05) is 81.5 Å². The summed E-state index contributed by atoms with van der Waals surface area (Å²) in [5.41, 5.74) is 2.93. The van der Waals surface area contributed by atoms with Gasteiger partial charge < -0.3 is 19.1 Å². The lowest BCUT2D eigenvalue weighted by atomic mass is 9.63. The molecule has 7 atom stereocenters. The van der Waals surface area contributed by atoms with Crippen LogP contribution in [0, 0.1) is 17.8 Å². The lowest BCUT2D eigenvalue weighted by molar-refractivity contribution is -0.100. The average molecular weight is 865 g/mol.